The van der Waals surface area contributed by atoms with Crippen molar-refractivity contribution in [1.82, 2.24) is 20.5 Å². The molecule has 4 atom stereocenters. The summed E-state index contributed by atoms with van der Waals surface area (Å²) in [6.45, 7) is 8.15. The van der Waals surface area contributed by atoms with Crippen LogP contribution in [-0.4, -0.2) is 76.0 Å². The summed E-state index contributed by atoms with van der Waals surface area (Å²) < 4.78 is 5.79. The summed E-state index contributed by atoms with van der Waals surface area (Å²) in [6, 6.07) is 13.6. The number of ether oxygens (including phenoxy) is 1. The van der Waals surface area contributed by atoms with Gasteiger partial charge in [-0.1, -0.05) is 57.2 Å². The third-order valence-electron chi connectivity index (χ3n) is 8.95. The number of carbonyl (C=O) groups excluding carboxylic acids is 4. The minimum Gasteiger partial charge on any atom is -0.492 e. The zero-order valence-electron chi connectivity index (χ0n) is 30.4. The number of rotatable bonds is 17. The van der Waals surface area contributed by atoms with Crippen LogP contribution in [0.5, 0.6) is 5.75 Å². The molecule has 12 nitrogen and oxygen atoms in total. The van der Waals surface area contributed by atoms with Crippen LogP contribution in [0, 0.1) is 12.3 Å². The molecule has 14 heteroatoms. The van der Waals surface area contributed by atoms with Gasteiger partial charge < -0.3 is 36.8 Å². The number of carbonyl (C=O) groups is 4. The number of aromatic nitrogens is 1. The van der Waals surface area contributed by atoms with Crippen LogP contribution in [0.25, 0.3) is 10.4 Å². The van der Waals surface area contributed by atoms with Gasteiger partial charge in [-0.05, 0) is 66.8 Å². The van der Waals surface area contributed by atoms with E-state index in [4.69, 9.17) is 16.2 Å². The van der Waals surface area contributed by atoms with Crippen LogP contribution in [0.3, 0.4) is 0 Å². The van der Waals surface area contributed by atoms with Gasteiger partial charge in [0.05, 0.1) is 22.2 Å². The molecular formula is C38H53ClN6O6S. The zero-order valence-corrected chi connectivity index (χ0v) is 32.1. The highest BCUT2D eigenvalue weighted by molar-refractivity contribution is 7.13. The molecule has 0 spiro atoms. The van der Waals surface area contributed by atoms with Crippen LogP contribution in [0.2, 0.25) is 0 Å². The maximum atomic E-state index is 13.9. The van der Waals surface area contributed by atoms with E-state index in [1.807, 2.05) is 81.7 Å². The molecule has 0 radical (unpaired) electrons. The van der Waals surface area contributed by atoms with Crippen molar-refractivity contribution < 1.29 is 29.0 Å². The van der Waals surface area contributed by atoms with Crippen LogP contribution in [0.1, 0.15) is 76.1 Å². The van der Waals surface area contributed by atoms with E-state index in [1.54, 1.807) is 11.3 Å². The van der Waals surface area contributed by atoms with E-state index in [1.165, 1.54) is 4.90 Å². The minimum absolute atomic E-state index is 0. The summed E-state index contributed by atoms with van der Waals surface area (Å²) in [6.07, 6.45) is 2.28. The molecule has 0 saturated carbocycles. The standard InChI is InChI=1S/C38H52N6O6S.ClH/c1-24-34(51-23-42-24)27-14-12-26(13-15-27)20-41-36(48)31-19-29(45)21-44(31)37(49)35(38(2,3)4)43-33(47)11-6-5-8-25-9-7-10-30(18-25)50-22-28(39)16-17-32(40)46;/h7,9-10,12-15,18,23,28-29,31,35,45H,5-6,8,11,16-17,19-22,39H2,1-4H3,(H2,40,46)(H,41,48)(H,43,47);1H/t28-,29+,31-,35+;/m0./s1. The van der Waals surface area contributed by atoms with Crippen molar-refractivity contribution in [2.75, 3.05) is 13.2 Å². The Balaban J connectivity index is 0.00000729. The maximum absolute atomic E-state index is 13.9. The van der Waals surface area contributed by atoms with E-state index >= 15 is 0 Å². The molecular weight excluding hydrogens is 704 g/mol. The topological polar surface area (TPSA) is 190 Å². The predicted molar refractivity (Wildman–Crippen MR) is 205 cm³/mol. The zero-order chi connectivity index (χ0) is 37.1. The van der Waals surface area contributed by atoms with Gasteiger partial charge in [0.2, 0.25) is 23.6 Å². The summed E-state index contributed by atoms with van der Waals surface area (Å²) in [5.74, 6) is -0.687. The van der Waals surface area contributed by atoms with Gasteiger partial charge in [-0.3, -0.25) is 19.2 Å². The lowest BCUT2D eigenvalue weighted by atomic mass is 9.85. The second-order valence-electron chi connectivity index (χ2n) is 14.4. The van der Waals surface area contributed by atoms with Gasteiger partial charge in [0, 0.05) is 38.4 Å². The fourth-order valence-corrected chi connectivity index (χ4v) is 6.84. The van der Waals surface area contributed by atoms with E-state index in [-0.39, 0.29) is 75.1 Å². The van der Waals surface area contributed by atoms with Crippen LogP contribution in [0.4, 0.5) is 0 Å². The van der Waals surface area contributed by atoms with Gasteiger partial charge >= 0.3 is 0 Å². The van der Waals surface area contributed by atoms with E-state index < -0.39 is 29.5 Å². The van der Waals surface area contributed by atoms with E-state index in [9.17, 15) is 24.3 Å². The molecule has 1 aromatic heterocycles. The Bertz CT molecular complexity index is 1650. The normalized spacial score (nSPS) is 16.8. The van der Waals surface area contributed by atoms with Crippen molar-refractivity contribution in [1.29, 1.82) is 0 Å². The number of likely N-dealkylation sites (tertiary alicyclic amines) is 1. The molecule has 0 unspecified atom stereocenters. The fourth-order valence-electron chi connectivity index (χ4n) is 6.03. The first-order chi connectivity index (χ1) is 24.2. The lowest BCUT2D eigenvalue weighted by Gasteiger charge is -2.35. The molecule has 2 heterocycles. The van der Waals surface area contributed by atoms with E-state index in [2.05, 4.69) is 15.6 Å². The van der Waals surface area contributed by atoms with Crippen molar-refractivity contribution in [3.05, 3.63) is 70.9 Å². The molecule has 0 aliphatic carbocycles. The molecule has 3 aromatic rings. The molecule has 2 aromatic carbocycles. The van der Waals surface area contributed by atoms with E-state index in [0.29, 0.717) is 18.6 Å². The number of benzene rings is 2. The third kappa shape index (κ3) is 12.6. The molecule has 284 valence electrons. The average Bonchev–Trinajstić information content (AvgIpc) is 3.71. The molecule has 1 aliphatic rings. The molecule has 4 amide bonds. The molecule has 0 bridgehead atoms. The number of β-amino-alcohol motifs (C(OH)–C–C–N with tert-alkyl or cyclic N) is 1. The molecule has 1 fully saturated rings. The number of nitrogens with one attached hydrogen (secondary N) is 2. The fraction of sp³-hybridized carbons (Fsp3) is 0.500. The van der Waals surface area contributed by atoms with Gasteiger partial charge in [-0.15, -0.1) is 23.7 Å². The number of thiazole rings is 1. The summed E-state index contributed by atoms with van der Waals surface area (Å²) in [5.41, 5.74) is 16.4. The Morgan fingerprint density at radius 2 is 1.81 bits per heavy atom. The molecule has 1 aliphatic heterocycles. The number of nitrogens with two attached hydrogens (primary N) is 2. The van der Waals surface area contributed by atoms with Gasteiger partial charge in [0.1, 0.15) is 24.4 Å². The molecule has 52 heavy (non-hydrogen) atoms. The van der Waals surface area contributed by atoms with Gasteiger partial charge in [-0.2, -0.15) is 0 Å². The number of primary amides is 1. The highest BCUT2D eigenvalue weighted by Gasteiger charge is 2.44. The van der Waals surface area contributed by atoms with Gasteiger partial charge in [-0.25, -0.2) is 4.98 Å². The van der Waals surface area contributed by atoms with Crippen LogP contribution in [0.15, 0.2) is 54.0 Å². The molecule has 1 saturated heterocycles. The van der Waals surface area contributed by atoms with Crippen molar-refractivity contribution >= 4 is 47.4 Å². The number of aliphatic hydroxyl groups is 1. The minimum atomic E-state index is -0.878. The van der Waals surface area contributed by atoms with E-state index in [0.717, 1.165) is 40.1 Å². The van der Waals surface area contributed by atoms with Crippen molar-refractivity contribution in [3.63, 3.8) is 0 Å². The Kier molecular flexibility index (Phi) is 16.1. The first kappa shape index (κ1) is 42.4. The van der Waals surface area contributed by atoms with Crippen LogP contribution < -0.4 is 26.8 Å². The number of aryl methyl sites for hydroxylation is 2. The first-order valence-electron chi connectivity index (χ1n) is 17.5. The van der Waals surface area contributed by atoms with Crippen LogP contribution >= 0.6 is 23.7 Å². The summed E-state index contributed by atoms with van der Waals surface area (Å²) in [7, 11) is 0. The SMILES string of the molecule is Cc1ncsc1-c1ccc(CNC(=O)[C@@H]2C[C@@H](O)CN2C(=O)[C@@H](NC(=O)CCCCc2cccc(OC[C@@H](N)CCC(N)=O)c2)C(C)(C)C)cc1.Cl. The number of amides is 4. The Labute approximate surface area is 316 Å². The Morgan fingerprint density at radius 1 is 1.08 bits per heavy atom. The van der Waals surface area contributed by atoms with Crippen LogP contribution in [-0.2, 0) is 32.1 Å². The highest BCUT2D eigenvalue weighted by atomic mass is 35.5. The summed E-state index contributed by atoms with van der Waals surface area (Å²) >= 11 is 1.58. The number of nitrogens with zero attached hydrogens (tertiary/aromatic N) is 2. The number of hydrogen-bond donors (Lipinski definition) is 5. The summed E-state index contributed by atoms with van der Waals surface area (Å²) in [4.78, 5) is 58.2. The Morgan fingerprint density at radius 3 is 2.46 bits per heavy atom. The molecule has 7 N–H and O–H groups in total. The second kappa shape index (κ2) is 19.7. The highest BCUT2D eigenvalue weighted by Crippen LogP contribution is 2.28. The lowest BCUT2D eigenvalue weighted by molar-refractivity contribution is -0.144. The number of hydrogen-bond acceptors (Lipinski definition) is 9. The molecule has 4 rings (SSSR count). The second-order valence-corrected chi connectivity index (χ2v) is 15.2. The lowest BCUT2D eigenvalue weighted by Crippen LogP contribution is -2.57. The predicted octanol–water partition coefficient (Wildman–Crippen LogP) is 4.03. The smallest absolute Gasteiger partial charge is 0.246 e. The van der Waals surface area contributed by atoms with Gasteiger partial charge in [0.25, 0.3) is 0 Å². The number of unbranched alkanes of at least 4 members (excludes halogenated alkanes) is 1. The van der Waals surface area contributed by atoms with Crippen molar-refractivity contribution in [2.24, 2.45) is 16.9 Å². The van der Waals surface area contributed by atoms with Gasteiger partial charge in [0.15, 0.2) is 0 Å². The van der Waals surface area contributed by atoms with Crippen molar-refractivity contribution in [2.45, 2.75) is 103 Å². The monoisotopic (exact) mass is 756 g/mol. The Hall–Kier alpha value is -4.04. The quantitative estimate of drug-likeness (QED) is 0.128. The number of aliphatic hydroxyl groups excluding tert-OH is 1. The maximum Gasteiger partial charge on any atom is 0.246 e. The average molecular weight is 757 g/mol. The summed E-state index contributed by atoms with van der Waals surface area (Å²) in [5, 5.41) is 16.4. The number of halogens is 1. The third-order valence-corrected chi connectivity index (χ3v) is 9.93. The van der Waals surface area contributed by atoms with Crippen molar-refractivity contribution in [3.8, 4) is 16.2 Å². The first-order valence-corrected chi connectivity index (χ1v) is 18.4. The largest absolute Gasteiger partial charge is 0.492 e.